The molecule has 444 valence electrons. The van der Waals surface area contributed by atoms with Crippen molar-refractivity contribution in [1.82, 2.24) is 5.32 Å². The molecule has 0 aromatic rings. The molecular formula is C65H119NO10. The summed E-state index contributed by atoms with van der Waals surface area (Å²) in [5.74, 6) is -1.20. The van der Waals surface area contributed by atoms with Gasteiger partial charge in [0.15, 0.2) is 12.4 Å². The molecule has 0 saturated carbocycles. The first-order valence-electron chi connectivity index (χ1n) is 31.9. The molecule has 1 heterocycles. The Morgan fingerprint density at radius 1 is 0.513 bits per heavy atom. The maximum absolute atomic E-state index is 13.4. The van der Waals surface area contributed by atoms with Gasteiger partial charge in [-0.3, -0.25) is 9.59 Å². The second-order valence-corrected chi connectivity index (χ2v) is 22.1. The smallest absolute Gasteiger partial charge is 0.306 e. The van der Waals surface area contributed by atoms with Crippen LogP contribution >= 0.6 is 0 Å². The van der Waals surface area contributed by atoms with E-state index >= 15 is 0 Å². The molecule has 11 heteroatoms. The van der Waals surface area contributed by atoms with Crippen LogP contribution in [-0.4, -0.2) is 99.6 Å². The van der Waals surface area contributed by atoms with Gasteiger partial charge in [0, 0.05) is 6.42 Å². The Labute approximate surface area is 466 Å². The summed E-state index contributed by atoms with van der Waals surface area (Å²) >= 11 is 0. The first-order chi connectivity index (χ1) is 37.2. The van der Waals surface area contributed by atoms with Crippen molar-refractivity contribution in [2.45, 2.75) is 339 Å². The molecule has 11 nitrogen and oxygen atoms in total. The van der Waals surface area contributed by atoms with E-state index in [1.165, 1.54) is 161 Å². The maximum Gasteiger partial charge on any atom is 0.306 e. The Hall–Kier alpha value is -2.38. The molecule has 0 bridgehead atoms. The predicted molar refractivity (Wildman–Crippen MR) is 315 cm³/mol. The van der Waals surface area contributed by atoms with Crippen LogP contribution in [0.1, 0.15) is 290 Å². The van der Waals surface area contributed by atoms with E-state index in [9.17, 15) is 35.1 Å². The van der Waals surface area contributed by atoms with Crippen LogP contribution < -0.4 is 5.32 Å². The van der Waals surface area contributed by atoms with Gasteiger partial charge in [-0.2, -0.15) is 0 Å². The minimum absolute atomic E-state index is 0.115. The molecule has 0 aromatic carbocycles. The third-order valence-corrected chi connectivity index (χ3v) is 15.0. The average molecular weight is 1070 g/mol. The number of carbonyl (C=O) groups is 2. The summed E-state index contributed by atoms with van der Waals surface area (Å²) < 4.78 is 17.6. The second-order valence-electron chi connectivity index (χ2n) is 22.1. The number of esters is 1. The van der Waals surface area contributed by atoms with Crippen LogP contribution in [0.5, 0.6) is 0 Å². The van der Waals surface area contributed by atoms with Gasteiger partial charge in [-0.1, -0.05) is 249 Å². The number of hydrogen-bond donors (Lipinski definition) is 6. The molecule has 76 heavy (non-hydrogen) atoms. The van der Waals surface area contributed by atoms with Crippen molar-refractivity contribution in [2.24, 2.45) is 0 Å². The van der Waals surface area contributed by atoms with Gasteiger partial charge >= 0.3 is 5.97 Å². The number of unbranched alkanes of at least 4 members (excludes halogenated alkanes) is 34. The molecule has 1 saturated heterocycles. The van der Waals surface area contributed by atoms with Gasteiger partial charge in [0.2, 0.25) is 5.91 Å². The summed E-state index contributed by atoms with van der Waals surface area (Å²) in [6.45, 7) is 5.77. The zero-order valence-corrected chi connectivity index (χ0v) is 49.1. The number of allylic oxidation sites excluding steroid dienone is 7. The molecule has 1 amide bonds. The monoisotopic (exact) mass is 1070 g/mol. The molecule has 0 spiro atoms. The number of ether oxygens (including phenoxy) is 3. The number of rotatable bonds is 54. The van der Waals surface area contributed by atoms with Gasteiger partial charge in [-0.15, -0.1) is 0 Å². The van der Waals surface area contributed by atoms with E-state index in [1.54, 1.807) is 6.08 Å². The highest BCUT2D eigenvalue weighted by Crippen LogP contribution is 2.26. The summed E-state index contributed by atoms with van der Waals surface area (Å²) in [5, 5.41) is 57.0. The number of amides is 1. The summed E-state index contributed by atoms with van der Waals surface area (Å²) in [6, 6.07) is -1.03. The van der Waals surface area contributed by atoms with Gasteiger partial charge in [0.05, 0.1) is 25.4 Å². The largest absolute Gasteiger partial charge is 0.454 e. The summed E-state index contributed by atoms with van der Waals surface area (Å²) in [5.41, 5.74) is 0. The van der Waals surface area contributed by atoms with Crippen molar-refractivity contribution in [3.8, 4) is 0 Å². The molecule has 0 radical (unpaired) electrons. The van der Waals surface area contributed by atoms with E-state index in [0.717, 1.165) is 83.5 Å². The summed E-state index contributed by atoms with van der Waals surface area (Å²) in [4.78, 5) is 26.6. The highest BCUT2D eigenvalue weighted by molar-refractivity contribution is 5.80. The number of nitrogens with one attached hydrogen (secondary N) is 1. The molecule has 0 aromatic heterocycles. The van der Waals surface area contributed by atoms with Gasteiger partial charge in [0.1, 0.15) is 24.4 Å². The molecule has 0 aliphatic carbocycles. The molecule has 1 fully saturated rings. The van der Waals surface area contributed by atoms with E-state index < -0.39 is 67.4 Å². The number of hydrogen-bond acceptors (Lipinski definition) is 10. The van der Waals surface area contributed by atoms with E-state index in [1.807, 2.05) is 6.08 Å². The summed E-state index contributed by atoms with van der Waals surface area (Å²) in [6.07, 6.45) is 54.3. The van der Waals surface area contributed by atoms with E-state index in [0.29, 0.717) is 12.8 Å². The molecule has 1 aliphatic rings. The Morgan fingerprint density at radius 2 is 0.908 bits per heavy atom. The maximum atomic E-state index is 13.4. The minimum atomic E-state index is -1.62. The number of carbonyl (C=O) groups excluding carboxylic acids is 2. The van der Waals surface area contributed by atoms with Crippen LogP contribution in [0.4, 0.5) is 0 Å². The highest BCUT2D eigenvalue weighted by atomic mass is 16.7. The van der Waals surface area contributed by atoms with Crippen molar-refractivity contribution in [3.05, 3.63) is 48.6 Å². The number of aliphatic hydroxyl groups excluding tert-OH is 5. The Morgan fingerprint density at radius 3 is 1.38 bits per heavy atom. The van der Waals surface area contributed by atoms with Gasteiger partial charge in [-0.05, 0) is 83.5 Å². The van der Waals surface area contributed by atoms with E-state index in [2.05, 4.69) is 62.5 Å². The lowest BCUT2D eigenvalue weighted by Gasteiger charge is -2.41. The molecular weight excluding hydrogens is 955 g/mol. The van der Waals surface area contributed by atoms with Crippen molar-refractivity contribution in [1.29, 1.82) is 0 Å². The van der Waals surface area contributed by atoms with Crippen molar-refractivity contribution < 1.29 is 49.3 Å². The van der Waals surface area contributed by atoms with Crippen molar-refractivity contribution in [3.63, 3.8) is 0 Å². The fourth-order valence-corrected chi connectivity index (χ4v) is 9.85. The summed E-state index contributed by atoms with van der Waals surface area (Å²) in [7, 11) is 0. The fourth-order valence-electron chi connectivity index (χ4n) is 9.85. The lowest BCUT2D eigenvalue weighted by Crippen LogP contribution is -2.61. The normalized spacial score (nSPS) is 19.4. The van der Waals surface area contributed by atoms with Crippen LogP contribution in [-0.2, 0) is 23.8 Å². The molecule has 1 aliphatic heterocycles. The Balaban J connectivity index is 2.67. The van der Waals surface area contributed by atoms with Crippen LogP contribution in [0.15, 0.2) is 48.6 Å². The van der Waals surface area contributed by atoms with E-state index in [4.69, 9.17) is 14.2 Å². The standard InChI is InChI=1S/C65H119NO10/c1-4-7-10-13-16-19-22-25-27-29-31-32-34-37-40-43-46-49-52-58(69)64(73)66-56(57(68)51-48-45-42-39-36-24-21-18-15-12-9-6-3)55-74-65-63(62(72)61(71)59(54-67)75-65)76-60(70)53-50-47-44-41-38-35-33-30-28-26-23-20-17-14-11-8-5-2/h17,20,25-28,48,51,56-59,61-63,65,67-69,71-72H,4-16,18-19,21-24,29-47,49-50,52-55H2,1-3H3,(H,66,73)/b20-17-,27-25+,28-26-,51-48+. The SMILES string of the molecule is CCCCC/C=C\C/C=C\CCCCCCCCCC(=O)OC1C(OCC(NC(=O)C(O)CCCCCCCCCC/C=C/CCCCCCCC)C(O)/C=C/CCCCCCCCCCCC)OC(CO)C(O)C1O. The predicted octanol–water partition coefficient (Wildman–Crippen LogP) is 15.2. The quantitative estimate of drug-likeness (QED) is 0.0195. The van der Waals surface area contributed by atoms with Gasteiger partial charge < -0.3 is 45.1 Å². The first kappa shape index (κ1) is 71.6. The third kappa shape index (κ3) is 40.8. The van der Waals surface area contributed by atoms with Crippen LogP contribution in [0, 0.1) is 0 Å². The molecule has 8 unspecified atom stereocenters. The molecule has 6 N–H and O–H groups in total. The number of aliphatic hydroxyl groups is 5. The van der Waals surface area contributed by atoms with Crippen LogP contribution in [0.2, 0.25) is 0 Å². The van der Waals surface area contributed by atoms with Gasteiger partial charge in [-0.25, -0.2) is 0 Å². The van der Waals surface area contributed by atoms with Crippen LogP contribution in [0.3, 0.4) is 0 Å². The first-order valence-corrected chi connectivity index (χ1v) is 31.9. The third-order valence-electron chi connectivity index (χ3n) is 15.0. The fraction of sp³-hybridized carbons (Fsp3) is 0.846. The van der Waals surface area contributed by atoms with Gasteiger partial charge in [0.25, 0.3) is 0 Å². The molecule has 8 atom stereocenters. The molecule has 1 rings (SSSR count). The topological polar surface area (TPSA) is 175 Å². The zero-order chi connectivity index (χ0) is 55.4. The Bertz CT molecular complexity index is 1420. The Kier molecular flexibility index (Phi) is 50.2. The minimum Gasteiger partial charge on any atom is -0.454 e. The van der Waals surface area contributed by atoms with Crippen molar-refractivity contribution >= 4 is 11.9 Å². The lowest BCUT2D eigenvalue weighted by molar-refractivity contribution is -0.305. The van der Waals surface area contributed by atoms with Crippen LogP contribution in [0.25, 0.3) is 0 Å². The average Bonchev–Trinajstić information content (AvgIpc) is 3.42. The van der Waals surface area contributed by atoms with Crippen molar-refractivity contribution in [2.75, 3.05) is 13.2 Å². The second kappa shape index (κ2) is 53.3. The zero-order valence-electron chi connectivity index (χ0n) is 49.1. The lowest BCUT2D eigenvalue weighted by atomic mass is 9.99. The highest BCUT2D eigenvalue weighted by Gasteiger charge is 2.47. The van der Waals surface area contributed by atoms with E-state index in [-0.39, 0.29) is 19.4 Å².